The minimum Gasteiger partial charge on any atom is -0.461 e. The lowest BCUT2D eigenvalue weighted by Crippen LogP contribution is -2.46. The van der Waals surface area contributed by atoms with Gasteiger partial charge in [0.25, 0.3) is 0 Å². The van der Waals surface area contributed by atoms with E-state index in [2.05, 4.69) is 13.5 Å². The summed E-state index contributed by atoms with van der Waals surface area (Å²) >= 11 is 0. The molecule has 0 aromatic heterocycles. The lowest BCUT2D eigenvalue weighted by atomic mass is 9.84. The normalized spacial score (nSPS) is 16.2. The van der Waals surface area contributed by atoms with Crippen LogP contribution in [0.5, 0.6) is 0 Å². The minimum atomic E-state index is -0.418. The summed E-state index contributed by atoms with van der Waals surface area (Å²) in [5, 5.41) is 0. The van der Waals surface area contributed by atoms with E-state index in [1.54, 1.807) is 24.3 Å². The largest absolute Gasteiger partial charge is 0.461 e. The van der Waals surface area contributed by atoms with Gasteiger partial charge in [0, 0.05) is 5.56 Å². The molecule has 0 saturated carbocycles. The molecule has 4 heteroatoms. The Labute approximate surface area is 143 Å². The number of ketones is 1. The number of ether oxygens (including phenoxy) is 2. The van der Waals surface area contributed by atoms with Gasteiger partial charge in [0.1, 0.15) is 6.61 Å². The molecule has 1 saturated heterocycles. The van der Waals surface area contributed by atoms with Crippen LogP contribution >= 0.6 is 0 Å². The smallest absolute Gasteiger partial charge is 0.338 e. The van der Waals surface area contributed by atoms with E-state index in [4.69, 9.17) is 9.47 Å². The predicted octanol–water partition coefficient (Wildman–Crippen LogP) is 4.06. The molecule has 2 rings (SSSR count). The maximum Gasteiger partial charge on any atom is 0.338 e. The second-order valence-electron chi connectivity index (χ2n) is 6.23. The molecular weight excluding hydrogens is 304 g/mol. The maximum absolute atomic E-state index is 12.5. The van der Waals surface area contributed by atoms with Crippen LogP contribution in [-0.4, -0.2) is 31.6 Å². The molecule has 1 fully saturated rings. The van der Waals surface area contributed by atoms with E-state index in [9.17, 15) is 9.59 Å². The molecule has 24 heavy (non-hydrogen) atoms. The van der Waals surface area contributed by atoms with Crippen molar-refractivity contribution in [1.82, 2.24) is 0 Å². The Morgan fingerprint density at radius 1 is 1.25 bits per heavy atom. The Bertz CT molecular complexity index is 675. The molecule has 0 spiro atoms. The van der Waals surface area contributed by atoms with Crippen molar-refractivity contribution < 1.29 is 19.1 Å². The van der Waals surface area contributed by atoms with Gasteiger partial charge >= 0.3 is 5.97 Å². The topological polar surface area (TPSA) is 52.6 Å². The number of carbonyl (C=O) groups is 2. The Hall–Kier alpha value is -2.20. The molecule has 4 nitrogen and oxygen atoms in total. The number of carbonyl (C=O) groups excluding carboxylic acids is 2. The van der Waals surface area contributed by atoms with Gasteiger partial charge in [-0.2, -0.15) is 0 Å². The number of esters is 1. The molecule has 0 unspecified atom stereocenters. The first kappa shape index (κ1) is 18.1. The summed E-state index contributed by atoms with van der Waals surface area (Å²) in [7, 11) is 0. The number of hydrogen-bond donors (Lipinski definition) is 0. The zero-order chi connectivity index (χ0) is 17.7. The van der Waals surface area contributed by atoms with Crippen molar-refractivity contribution in [3.63, 3.8) is 0 Å². The van der Waals surface area contributed by atoms with Crippen LogP contribution in [0.15, 0.2) is 36.9 Å². The molecule has 1 heterocycles. The molecule has 0 atom stereocenters. The summed E-state index contributed by atoms with van der Waals surface area (Å²) in [6, 6.07) is 5.09. The Balaban J connectivity index is 2.26. The fraction of sp³-hybridized carbons (Fsp3) is 0.400. The molecule has 128 valence electrons. The number of hydrogen-bond acceptors (Lipinski definition) is 4. The van der Waals surface area contributed by atoms with E-state index in [0.29, 0.717) is 30.9 Å². The molecule has 1 aromatic carbocycles. The highest BCUT2D eigenvalue weighted by Gasteiger charge is 2.38. The van der Waals surface area contributed by atoms with Gasteiger partial charge in [-0.25, -0.2) is 4.79 Å². The second kappa shape index (κ2) is 7.58. The van der Waals surface area contributed by atoms with Crippen LogP contribution in [-0.2, 0) is 9.47 Å². The van der Waals surface area contributed by atoms with Crippen molar-refractivity contribution in [1.29, 1.82) is 0 Å². The van der Waals surface area contributed by atoms with Gasteiger partial charge in [-0.15, -0.1) is 0 Å². The molecule has 1 aliphatic rings. The van der Waals surface area contributed by atoms with Gasteiger partial charge in [0.05, 0.1) is 24.2 Å². The van der Waals surface area contributed by atoms with E-state index >= 15 is 0 Å². The number of benzene rings is 1. The quantitative estimate of drug-likeness (QED) is 0.430. The molecule has 0 bridgehead atoms. The highest BCUT2D eigenvalue weighted by atomic mass is 16.5. The van der Waals surface area contributed by atoms with Crippen molar-refractivity contribution in [3.05, 3.63) is 53.6 Å². The monoisotopic (exact) mass is 328 g/mol. The highest BCUT2D eigenvalue weighted by molar-refractivity contribution is 5.99. The van der Waals surface area contributed by atoms with Gasteiger partial charge in [-0.05, 0) is 49.6 Å². The molecule has 1 aromatic rings. The van der Waals surface area contributed by atoms with Gasteiger partial charge in [-0.3, -0.25) is 4.79 Å². The van der Waals surface area contributed by atoms with E-state index in [1.165, 1.54) is 6.92 Å². The summed E-state index contributed by atoms with van der Waals surface area (Å²) in [6.45, 7) is 10.8. The molecule has 0 radical (unpaired) electrons. The number of allylic oxidation sites excluding steroid dienone is 3. The second-order valence-corrected chi connectivity index (χ2v) is 6.23. The van der Waals surface area contributed by atoms with E-state index in [-0.39, 0.29) is 11.2 Å². The Kier molecular flexibility index (Phi) is 5.73. The molecule has 0 amide bonds. The lowest BCUT2D eigenvalue weighted by Gasteiger charge is -2.39. The fourth-order valence-corrected chi connectivity index (χ4v) is 2.60. The third kappa shape index (κ3) is 3.82. The average Bonchev–Trinajstić information content (AvgIpc) is 2.55. The van der Waals surface area contributed by atoms with Gasteiger partial charge in [0.15, 0.2) is 5.78 Å². The van der Waals surface area contributed by atoms with Crippen molar-refractivity contribution in [2.75, 3.05) is 19.8 Å². The third-order valence-corrected chi connectivity index (χ3v) is 4.52. The van der Waals surface area contributed by atoms with Crippen LogP contribution in [0.4, 0.5) is 0 Å². The maximum atomic E-state index is 12.5. The van der Waals surface area contributed by atoms with E-state index in [1.807, 2.05) is 13.0 Å². The summed E-state index contributed by atoms with van der Waals surface area (Å²) < 4.78 is 10.7. The van der Waals surface area contributed by atoms with Crippen molar-refractivity contribution in [3.8, 4) is 0 Å². The lowest BCUT2D eigenvalue weighted by molar-refractivity contribution is -0.140. The summed E-state index contributed by atoms with van der Waals surface area (Å²) in [5.41, 5.74) is 2.45. The summed E-state index contributed by atoms with van der Waals surface area (Å²) in [5.74, 6) is -0.513. The highest BCUT2D eigenvalue weighted by Crippen LogP contribution is 2.31. The van der Waals surface area contributed by atoms with Gasteiger partial charge in [0.2, 0.25) is 0 Å². The predicted molar refractivity (Wildman–Crippen MR) is 94.1 cm³/mol. The SMILES string of the molecule is C=CC(=CC)c1cc(C(C)=O)cc(C(=O)OCC2(CC)COC2)c1. The molecule has 0 N–H and O–H groups in total. The van der Waals surface area contributed by atoms with Crippen LogP contribution in [0.2, 0.25) is 0 Å². The molecular formula is C20H24O4. The Morgan fingerprint density at radius 3 is 2.33 bits per heavy atom. The van der Waals surface area contributed by atoms with Crippen molar-refractivity contribution in [2.24, 2.45) is 5.41 Å². The van der Waals surface area contributed by atoms with Crippen molar-refractivity contribution in [2.45, 2.75) is 27.2 Å². The van der Waals surface area contributed by atoms with Crippen LogP contribution in [0.3, 0.4) is 0 Å². The first-order chi connectivity index (χ1) is 11.4. The van der Waals surface area contributed by atoms with Crippen LogP contribution in [0, 0.1) is 5.41 Å². The van der Waals surface area contributed by atoms with Crippen LogP contribution in [0.1, 0.15) is 53.5 Å². The zero-order valence-electron chi connectivity index (χ0n) is 14.6. The van der Waals surface area contributed by atoms with Gasteiger partial charge in [-0.1, -0.05) is 25.7 Å². The third-order valence-electron chi connectivity index (χ3n) is 4.52. The summed E-state index contributed by atoms with van der Waals surface area (Å²) in [4.78, 5) is 24.2. The fourth-order valence-electron chi connectivity index (χ4n) is 2.60. The standard InChI is InChI=1S/C20H24O4/c1-5-15(6-2)17-8-16(14(4)21)9-18(10-17)19(22)24-13-20(7-3)11-23-12-20/h5-6,8-10H,1,7,11-13H2,2-4H3. The zero-order valence-corrected chi connectivity index (χ0v) is 14.6. The average molecular weight is 328 g/mol. The summed E-state index contributed by atoms with van der Waals surface area (Å²) in [6.07, 6.45) is 4.49. The molecule has 1 aliphatic heterocycles. The van der Waals surface area contributed by atoms with Crippen molar-refractivity contribution >= 4 is 17.3 Å². The number of Topliss-reactive ketones (excluding diaryl/α,β-unsaturated/α-hetero) is 1. The van der Waals surface area contributed by atoms with Gasteiger partial charge < -0.3 is 9.47 Å². The van der Waals surface area contributed by atoms with E-state index in [0.717, 1.165) is 17.6 Å². The first-order valence-electron chi connectivity index (χ1n) is 8.14. The first-order valence-corrected chi connectivity index (χ1v) is 8.14. The minimum absolute atomic E-state index is 0.0632. The molecule has 0 aliphatic carbocycles. The van der Waals surface area contributed by atoms with Crippen LogP contribution < -0.4 is 0 Å². The van der Waals surface area contributed by atoms with E-state index < -0.39 is 5.97 Å². The van der Waals surface area contributed by atoms with Crippen LogP contribution in [0.25, 0.3) is 5.57 Å². The number of rotatable bonds is 7. The Morgan fingerprint density at radius 2 is 1.88 bits per heavy atom.